The predicted octanol–water partition coefficient (Wildman–Crippen LogP) is 5.29. The average molecular weight is 472 g/mol. The molecule has 0 bridgehead atoms. The van der Waals surface area contributed by atoms with Crippen LogP contribution in [0.3, 0.4) is 0 Å². The van der Waals surface area contributed by atoms with Crippen molar-refractivity contribution in [3.63, 3.8) is 0 Å². The predicted molar refractivity (Wildman–Crippen MR) is 129 cm³/mol. The van der Waals surface area contributed by atoms with Crippen LogP contribution in [0, 0.1) is 0 Å². The lowest BCUT2D eigenvalue weighted by Crippen LogP contribution is -2.00. The zero-order valence-corrected chi connectivity index (χ0v) is 19.4. The highest BCUT2D eigenvalue weighted by molar-refractivity contribution is 7.98. The molecule has 2 heterocycles. The largest absolute Gasteiger partial charge is 0.497 e. The Kier molecular flexibility index (Phi) is 6.26. The van der Waals surface area contributed by atoms with E-state index in [1.54, 1.807) is 14.2 Å². The van der Waals surface area contributed by atoms with E-state index in [9.17, 15) is 0 Å². The summed E-state index contributed by atoms with van der Waals surface area (Å²) in [4.78, 5) is 4.53. The van der Waals surface area contributed by atoms with Gasteiger partial charge in [-0.25, -0.2) is 0 Å². The van der Waals surface area contributed by atoms with Gasteiger partial charge in [-0.3, -0.25) is 4.57 Å². The molecule has 0 N–H and O–H groups in total. The Morgan fingerprint density at radius 3 is 2.38 bits per heavy atom. The van der Waals surface area contributed by atoms with E-state index in [0.717, 1.165) is 34.1 Å². The molecule has 5 rings (SSSR count). The zero-order chi connectivity index (χ0) is 23.3. The molecule has 2 aromatic heterocycles. The summed E-state index contributed by atoms with van der Waals surface area (Å²) in [7, 11) is 3.28. The molecule has 8 nitrogen and oxygen atoms in total. The highest BCUT2D eigenvalue weighted by Gasteiger charge is 2.18. The third-order valence-electron chi connectivity index (χ3n) is 5.12. The van der Waals surface area contributed by atoms with Crippen LogP contribution in [-0.4, -0.2) is 39.1 Å². The summed E-state index contributed by atoms with van der Waals surface area (Å²) in [6.45, 7) is 0. The molecule has 0 aliphatic rings. The molecular formula is C25H21N5O3S. The molecule has 0 aliphatic heterocycles. The summed E-state index contributed by atoms with van der Waals surface area (Å²) in [6, 6.07) is 25.3. The Morgan fingerprint density at radius 2 is 1.62 bits per heavy atom. The van der Waals surface area contributed by atoms with Crippen molar-refractivity contribution in [1.82, 2.24) is 24.9 Å². The minimum absolute atomic E-state index is 0.451. The fourth-order valence-corrected chi connectivity index (χ4v) is 4.21. The third kappa shape index (κ3) is 4.51. The summed E-state index contributed by atoms with van der Waals surface area (Å²) >= 11 is 1.48. The first-order valence-corrected chi connectivity index (χ1v) is 11.5. The maximum atomic E-state index is 5.48. The molecule has 0 atom stereocenters. The van der Waals surface area contributed by atoms with Crippen LogP contribution in [0.25, 0.3) is 28.5 Å². The Labute approximate surface area is 200 Å². The Balaban J connectivity index is 1.42. The van der Waals surface area contributed by atoms with Gasteiger partial charge in [0.1, 0.15) is 11.5 Å². The number of para-hydroxylation sites is 1. The maximum Gasteiger partial charge on any atom is 0.237 e. The summed E-state index contributed by atoms with van der Waals surface area (Å²) in [6.07, 6.45) is 0. The summed E-state index contributed by atoms with van der Waals surface area (Å²) < 4.78 is 18.1. The van der Waals surface area contributed by atoms with Crippen molar-refractivity contribution in [3.8, 4) is 40.0 Å². The van der Waals surface area contributed by atoms with Gasteiger partial charge in [0.25, 0.3) is 0 Å². The molecule has 34 heavy (non-hydrogen) atoms. The molecule has 170 valence electrons. The molecule has 0 aliphatic carbocycles. The Hall–Kier alpha value is -4.11. The van der Waals surface area contributed by atoms with E-state index in [0.29, 0.717) is 22.6 Å². The van der Waals surface area contributed by atoms with E-state index in [1.165, 1.54) is 11.8 Å². The molecule has 0 fully saturated rings. The number of hydrogen-bond acceptors (Lipinski definition) is 8. The second-order valence-electron chi connectivity index (χ2n) is 7.24. The molecule has 0 unspecified atom stereocenters. The van der Waals surface area contributed by atoms with E-state index in [4.69, 9.17) is 14.0 Å². The molecule has 0 spiro atoms. The van der Waals surface area contributed by atoms with E-state index in [2.05, 4.69) is 20.3 Å². The van der Waals surface area contributed by atoms with E-state index >= 15 is 0 Å². The number of benzene rings is 3. The lowest BCUT2D eigenvalue weighted by molar-refractivity contribution is 0.391. The number of methoxy groups -OCH3 is 2. The van der Waals surface area contributed by atoms with Gasteiger partial charge < -0.3 is 14.0 Å². The quantitative estimate of drug-likeness (QED) is 0.282. The molecule has 5 aromatic rings. The van der Waals surface area contributed by atoms with Crippen LogP contribution in [0.4, 0.5) is 0 Å². The first kappa shape index (κ1) is 21.7. The highest BCUT2D eigenvalue weighted by atomic mass is 32.2. The number of hydrogen-bond donors (Lipinski definition) is 0. The van der Waals surface area contributed by atoms with Gasteiger partial charge in [-0.05, 0) is 48.5 Å². The standard InChI is InChI=1S/C25H21N5O3S/c1-31-20-13-11-17(12-14-20)23-26-22(33-29-23)16-34-25-28-27-24(18-7-6-10-21(15-18)32-2)30(25)19-8-4-3-5-9-19/h3-15H,16H2,1-2H3. The van der Waals surface area contributed by atoms with Crippen molar-refractivity contribution in [3.05, 3.63) is 84.8 Å². The Morgan fingerprint density at radius 1 is 0.824 bits per heavy atom. The van der Waals surface area contributed by atoms with E-state index < -0.39 is 0 Å². The highest BCUT2D eigenvalue weighted by Crippen LogP contribution is 2.31. The van der Waals surface area contributed by atoms with Crippen LogP contribution < -0.4 is 9.47 Å². The van der Waals surface area contributed by atoms with Crippen molar-refractivity contribution in [2.75, 3.05) is 14.2 Å². The fraction of sp³-hybridized carbons (Fsp3) is 0.120. The van der Waals surface area contributed by atoms with Gasteiger partial charge in [0.15, 0.2) is 11.0 Å². The van der Waals surface area contributed by atoms with Crippen molar-refractivity contribution >= 4 is 11.8 Å². The third-order valence-corrected chi connectivity index (χ3v) is 6.03. The Bertz CT molecular complexity index is 1380. The normalized spacial score (nSPS) is 10.9. The minimum atomic E-state index is 0.451. The average Bonchev–Trinajstić information content (AvgIpc) is 3.55. The van der Waals surface area contributed by atoms with Gasteiger partial charge in [-0.1, -0.05) is 47.3 Å². The zero-order valence-electron chi connectivity index (χ0n) is 18.6. The first-order chi connectivity index (χ1) is 16.7. The summed E-state index contributed by atoms with van der Waals surface area (Å²) in [5, 5.41) is 13.8. The number of aromatic nitrogens is 5. The number of rotatable bonds is 8. The molecule has 0 saturated carbocycles. The summed E-state index contributed by atoms with van der Waals surface area (Å²) in [5.41, 5.74) is 2.72. The van der Waals surface area contributed by atoms with Crippen molar-refractivity contribution in [2.24, 2.45) is 0 Å². The molecule has 0 amide bonds. The minimum Gasteiger partial charge on any atom is -0.497 e. The number of thioether (sulfide) groups is 1. The lowest BCUT2D eigenvalue weighted by atomic mass is 10.2. The van der Waals surface area contributed by atoms with Crippen LogP contribution in [0.1, 0.15) is 5.89 Å². The van der Waals surface area contributed by atoms with Crippen molar-refractivity contribution < 1.29 is 14.0 Å². The van der Waals surface area contributed by atoms with E-state index in [-0.39, 0.29) is 0 Å². The second-order valence-corrected chi connectivity index (χ2v) is 8.18. The summed E-state index contributed by atoms with van der Waals surface area (Å²) in [5.74, 6) is 3.73. The van der Waals surface area contributed by atoms with Crippen LogP contribution in [0.15, 0.2) is 88.5 Å². The first-order valence-electron chi connectivity index (χ1n) is 10.5. The topological polar surface area (TPSA) is 88.1 Å². The SMILES string of the molecule is COc1ccc(-c2noc(CSc3nnc(-c4cccc(OC)c4)n3-c3ccccc3)n2)cc1. The van der Waals surface area contributed by atoms with Crippen LogP contribution >= 0.6 is 11.8 Å². The smallest absolute Gasteiger partial charge is 0.237 e. The monoisotopic (exact) mass is 471 g/mol. The molecule has 0 radical (unpaired) electrons. The fourth-order valence-electron chi connectivity index (χ4n) is 3.42. The van der Waals surface area contributed by atoms with Gasteiger partial charge in [0.2, 0.25) is 11.7 Å². The van der Waals surface area contributed by atoms with Gasteiger partial charge in [0, 0.05) is 16.8 Å². The second kappa shape index (κ2) is 9.80. The van der Waals surface area contributed by atoms with Gasteiger partial charge in [0.05, 0.1) is 20.0 Å². The molecular weight excluding hydrogens is 450 g/mol. The van der Waals surface area contributed by atoms with Crippen LogP contribution in [0.5, 0.6) is 11.5 Å². The van der Waals surface area contributed by atoms with E-state index in [1.807, 2.05) is 83.4 Å². The number of nitrogens with zero attached hydrogens (tertiary/aromatic N) is 5. The van der Waals surface area contributed by atoms with Gasteiger partial charge in [-0.2, -0.15) is 4.98 Å². The van der Waals surface area contributed by atoms with Gasteiger partial charge >= 0.3 is 0 Å². The van der Waals surface area contributed by atoms with Crippen molar-refractivity contribution in [1.29, 1.82) is 0 Å². The molecule has 0 saturated heterocycles. The molecule has 3 aromatic carbocycles. The van der Waals surface area contributed by atoms with Crippen molar-refractivity contribution in [2.45, 2.75) is 10.9 Å². The maximum absolute atomic E-state index is 5.48. The number of ether oxygens (including phenoxy) is 2. The van der Waals surface area contributed by atoms with Crippen LogP contribution in [0.2, 0.25) is 0 Å². The molecule has 9 heteroatoms. The lowest BCUT2D eigenvalue weighted by Gasteiger charge is -2.10. The van der Waals surface area contributed by atoms with Gasteiger partial charge in [-0.15, -0.1) is 10.2 Å². The van der Waals surface area contributed by atoms with Crippen LogP contribution in [-0.2, 0) is 5.75 Å².